The fourth-order valence-corrected chi connectivity index (χ4v) is 4.28. The van der Waals surface area contributed by atoms with E-state index in [0.29, 0.717) is 0 Å². The third-order valence-electron chi connectivity index (χ3n) is 6.49. The Morgan fingerprint density at radius 2 is 1.00 bits per heavy atom. The molecule has 0 aromatic rings. The van der Waals surface area contributed by atoms with Gasteiger partial charge in [-0.15, -0.1) is 0 Å². The minimum Gasteiger partial charge on any atom is -0.517 e. The summed E-state index contributed by atoms with van der Waals surface area (Å²) >= 11 is 0. The number of amides is 1. The van der Waals surface area contributed by atoms with Crippen molar-refractivity contribution in [3.8, 4) is 0 Å². The van der Waals surface area contributed by atoms with Gasteiger partial charge in [-0.1, -0.05) is 53.7 Å². The van der Waals surface area contributed by atoms with Crippen LogP contribution in [0.3, 0.4) is 0 Å². The van der Waals surface area contributed by atoms with Crippen LogP contribution in [0, 0.1) is 0 Å². The van der Waals surface area contributed by atoms with E-state index in [0.717, 1.165) is 4.90 Å². The van der Waals surface area contributed by atoms with E-state index in [4.69, 9.17) is 13.6 Å². The number of ether oxygens (including phenoxy) is 1. The quantitative estimate of drug-likeness (QED) is 0.379. The van der Waals surface area contributed by atoms with Crippen LogP contribution in [0.5, 0.6) is 0 Å². The maximum absolute atomic E-state index is 13.2. The molecule has 0 radical (unpaired) electrons. The fraction of sp³-hybridized carbons (Fsp3) is 0.783. The highest BCUT2D eigenvalue weighted by Gasteiger charge is 2.49. The van der Waals surface area contributed by atoms with E-state index in [9.17, 15) is 14.4 Å². The van der Waals surface area contributed by atoms with Gasteiger partial charge in [0.25, 0.3) is 16.6 Å². The zero-order chi connectivity index (χ0) is 25.5. The molecule has 9 heteroatoms. The SMILES string of the molecule is CC(C)(C)OC(=O)N1[C@@H](C(=O)O[Si](C)(C)C(C)(C)C)C=C[C@H]1C(=O)O[Si](C)(C)C(C)(C)C. The first-order chi connectivity index (χ1) is 14.0. The predicted molar refractivity (Wildman–Crippen MR) is 131 cm³/mol. The van der Waals surface area contributed by atoms with E-state index in [-0.39, 0.29) is 10.1 Å². The Morgan fingerprint density at radius 1 is 0.688 bits per heavy atom. The van der Waals surface area contributed by atoms with Gasteiger partial charge in [-0.2, -0.15) is 0 Å². The Labute approximate surface area is 196 Å². The summed E-state index contributed by atoms with van der Waals surface area (Å²) in [6.45, 7) is 25.2. The molecule has 1 heterocycles. The van der Waals surface area contributed by atoms with Gasteiger partial charge in [0.05, 0.1) is 0 Å². The van der Waals surface area contributed by atoms with Crippen LogP contribution in [0.2, 0.25) is 36.3 Å². The predicted octanol–water partition coefficient (Wildman–Crippen LogP) is 5.63. The maximum atomic E-state index is 13.2. The van der Waals surface area contributed by atoms with Gasteiger partial charge >= 0.3 is 18.0 Å². The molecule has 0 unspecified atom stereocenters. The number of nitrogens with zero attached hydrogens (tertiary/aromatic N) is 1. The summed E-state index contributed by atoms with van der Waals surface area (Å²) < 4.78 is 17.4. The molecular formula is C23H43NO6Si2. The molecule has 0 aromatic carbocycles. The molecule has 0 aliphatic carbocycles. The lowest BCUT2D eigenvalue weighted by Crippen LogP contribution is -2.55. The molecule has 0 N–H and O–H groups in total. The first-order valence-electron chi connectivity index (χ1n) is 11.2. The molecule has 1 rings (SSSR count). The van der Waals surface area contributed by atoms with Gasteiger partial charge < -0.3 is 13.6 Å². The van der Waals surface area contributed by atoms with Crippen LogP contribution in [0.25, 0.3) is 0 Å². The summed E-state index contributed by atoms with van der Waals surface area (Å²) in [7, 11) is -4.86. The third-order valence-corrected chi connectivity index (χ3v) is 15.1. The number of carbonyl (C=O) groups excluding carboxylic acids is 3. The van der Waals surface area contributed by atoms with Gasteiger partial charge in [0.15, 0.2) is 12.1 Å². The van der Waals surface area contributed by atoms with Crippen LogP contribution in [0.15, 0.2) is 12.2 Å². The monoisotopic (exact) mass is 485 g/mol. The Bertz CT molecular complexity index is 719. The molecule has 0 saturated carbocycles. The average molecular weight is 486 g/mol. The van der Waals surface area contributed by atoms with E-state index in [1.54, 1.807) is 20.8 Å². The summed E-state index contributed by atoms with van der Waals surface area (Å²) in [5.74, 6) is -1.11. The van der Waals surface area contributed by atoms with Crippen molar-refractivity contribution in [1.82, 2.24) is 4.90 Å². The molecule has 1 aliphatic rings. The molecule has 1 aliphatic heterocycles. The van der Waals surface area contributed by atoms with Crippen LogP contribution in [-0.2, 0) is 23.2 Å². The molecule has 0 saturated heterocycles. The third kappa shape index (κ3) is 6.69. The number of hydrogen-bond acceptors (Lipinski definition) is 6. The van der Waals surface area contributed by atoms with Crippen LogP contribution in [0.4, 0.5) is 4.79 Å². The van der Waals surface area contributed by atoms with Crippen molar-refractivity contribution < 1.29 is 28.0 Å². The zero-order valence-electron chi connectivity index (χ0n) is 22.2. The second kappa shape index (κ2) is 8.97. The topological polar surface area (TPSA) is 82.1 Å². The Morgan fingerprint density at radius 3 is 1.25 bits per heavy atom. The molecule has 0 aromatic heterocycles. The first-order valence-corrected chi connectivity index (χ1v) is 17.0. The Balaban J connectivity index is 3.26. The van der Waals surface area contributed by atoms with Crippen molar-refractivity contribution in [1.29, 1.82) is 0 Å². The van der Waals surface area contributed by atoms with Crippen molar-refractivity contribution >= 4 is 34.7 Å². The minimum absolute atomic E-state index is 0.192. The summed E-state index contributed by atoms with van der Waals surface area (Å²) in [5.41, 5.74) is -0.790. The molecule has 0 fully saturated rings. The standard InChI is InChI=1S/C23H43NO6Si2/c1-21(2,3)28-20(27)24-16(18(25)29-31(10,11)22(4,5)6)14-15-17(24)19(26)30-32(12,13)23(7,8)9/h14-17H,1-13H3/t16-,17+. The number of hydrogen-bond donors (Lipinski definition) is 0. The smallest absolute Gasteiger partial charge is 0.412 e. The molecule has 32 heavy (non-hydrogen) atoms. The summed E-state index contributed by atoms with van der Waals surface area (Å²) in [5, 5.41) is -0.384. The van der Waals surface area contributed by atoms with Crippen LogP contribution in [-0.4, -0.2) is 57.3 Å². The van der Waals surface area contributed by atoms with Crippen molar-refractivity contribution in [2.75, 3.05) is 0 Å². The lowest BCUT2D eigenvalue weighted by atomic mass is 10.2. The van der Waals surface area contributed by atoms with Crippen molar-refractivity contribution in [3.05, 3.63) is 12.2 Å². The number of rotatable bonds is 4. The highest BCUT2D eigenvalue weighted by Crippen LogP contribution is 2.39. The van der Waals surface area contributed by atoms with E-state index >= 15 is 0 Å². The highest BCUT2D eigenvalue weighted by atomic mass is 28.4. The maximum Gasteiger partial charge on any atom is 0.412 e. The van der Waals surface area contributed by atoms with E-state index in [2.05, 4.69) is 0 Å². The average Bonchev–Trinajstić information content (AvgIpc) is 2.95. The first kappa shape index (κ1) is 28.4. The molecule has 1 amide bonds. The minimum atomic E-state index is -2.43. The van der Waals surface area contributed by atoms with Crippen LogP contribution in [0.1, 0.15) is 62.3 Å². The second-order valence-corrected chi connectivity index (χ2v) is 22.0. The normalized spacial score (nSPS) is 20.2. The number of carbonyl (C=O) groups is 3. The molecule has 184 valence electrons. The van der Waals surface area contributed by atoms with Crippen molar-refractivity contribution in [2.24, 2.45) is 0 Å². The molecular weight excluding hydrogens is 442 g/mol. The zero-order valence-corrected chi connectivity index (χ0v) is 24.2. The van der Waals surface area contributed by atoms with Gasteiger partial charge in [0, 0.05) is 0 Å². The summed E-state index contributed by atoms with van der Waals surface area (Å²) in [6, 6.07) is -2.09. The summed E-state index contributed by atoms with van der Waals surface area (Å²) in [4.78, 5) is 40.6. The summed E-state index contributed by atoms with van der Waals surface area (Å²) in [6.07, 6.45) is 2.32. The Kier molecular flexibility index (Phi) is 7.96. The van der Waals surface area contributed by atoms with Crippen molar-refractivity contribution in [3.63, 3.8) is 0 Å². The lowest BCUT2D eigenvalue weighted by molar-refractivity contribution is -0.144. The van der Waals surface area contributed by atoms with E-state index in [1.165, 1.54) is 12.2 Å². The fourth-order valence-electron chi connectivity index (χ4n) is 2.42. The highest BCUT2D eigenvalue weighted by molar-refractivity contribution is 6.76. The lowest BCUT2D eigenvalue weighted by Gasteiger charge is -2.39. The molecule has 0 spiro atoms. The van der Waals surface area contributed by atoms with E-state index < -0.39 is 52.4 Å². The van der Waals surface area contributed by atoms with Gasteiger partial charge in [0.1, 0.15) is 5.60 Å². The molecule has 7 nitrogen and oxygen atoms in total. The second-order valence-electron chi connectivity index (χ2n) is 12.5. The molecule has 2 atom stereocenters. The molecule has 0 bridgehead atoms. The van der Waals surface area contributed by atoms with E-state index in [1.807, 2.05) is 67.7 Å². The van der Waals surface area contributed by atoms with Gasteiger partial charge in [-0.25, -0.2) is 4.79 Å². The van der Waals surface area contributed by atoms with Crippen molar-refractivity contribution in [2.45, 2.75) is 116 Å². The van der Waals surface area contributed by atoms with Gasteiger partial charge in [-0.05, 0) is 57.0 Å². The van der Waals surface area contributed by atoms with Gasteiger partial charge in [0.2, 0.25) is 0 Å². The Hall–Kier alpha value is -1.62. The van der Waals surface area contributed by atoms with Gasteiger partial charge in [-0.3, -0.25) is 14.5 Å². The largest absolute Gasteiger partial charge is 0.517 e. The van der Waals surface area contributed by atoms with Crippen LogP contribution >= 0.6 is 0 Å². The van der Waals surface area contributed by atoms with Crippen LogP contribution < -0.4 is 0 Å².